The van der Waals surface area contributed by atoms with E-state index in [9.17, 15) is 13.2 Å². The van der Waals surface area contributed by atoms with Crippen molar-refractivity contribution in [2.24, 2.45) is 0 Å². The highest BCUT2D eigenvalue weighted by Gasteiger charge is 2.31. The molecule has 1 heterocycles. The highest BCUT2D eigenvalue weighted by Crippen LogP contribution is 2.32. The molecule has 0 saturated heterocycles. The second kappa shape index (κ2) is 8.76. The van der Waals surface area contributed by atoms with Crippen molar-refractivity contribution in [2.75, 3.05) is 31.9 Å². The van der Waals surface area contributed by atoms with E-state index < -0.39 is 6.36 Å². The Balaban J connectivity index is 1.94. The third kappa shape index (κ3) is 5.22. The fourth-order valence-corrected chi connectivity index (χ4v) is 2.69. The Labute approximate surface area is 170 Å². The molecule has 0 spiro atoms. The van der Waals surface area contributed by atoms with Crippen LogP contribution in [-0.4, -0.2) is 37.6 Å². The number of ether oxygens (including phenoxy) is 3. The van der Waals surface area contributed by atoms with Crippen LogP contribution in [0.3, 0.4) is 0 Å². The van der Waals surface area contributed by atoms with Gasteiger partial charge in [0.2, 0.25) is 5.95 Å². The third-order valence-corrected chi connectivity index (χ3v) is 3.97. The second-order valence-electron chi connectivity index (χ2n) is 5.98. The Morgan fingerprint density at radius 3 is 2.33 bits per heavy atom. The molecule has 10 heteroatoms. The van der Waals surface area contributed by atoms with Crippen molar-refractivity contribution in [3.8, 4) is 28.5 Å². The van der Waals surface area contributed by atoms with E-state index >= 15 is 0 Å². The van der Waals surface area contributed by atoms with E-state index in [-0.39, 0.29) is 11.7 Å². The predicted octanol–water partition coefficient (Wildman–Crippen LogP) is 4.84. The van der Waals surface area contributed by atoms with Crippen molar-refractivity contribution in [2.45, 2.75) is 6.36 Å². The molecule has 0 aliphatic rings. The molecule has 158 valence electrons. The summed E-state index contributed by atoms with van der Waals surface area (Å²) in [6.45, 7) is 0. The van der Waals surface area contributed by atoms with Gasteiger partial charge in [-0.2, -0.15) is 4.98 Å². The van der Waals surface area contributed by atoms with Gasteiger partial charge in [-0.05, 0) is 24.3 Å². The molecule has 0 aliphatic carbocycles. The fourth-order valence-electron chi connectivity index (χ4n) is 2.69. The minimum absolute atomic E-state index is 0.289. The minimum Gasteiger partial charge on any atom is -0.493 e. The zero-order valence-corrected chi connectivity index (χ0v) is 16.4. The Kier molecular flexibility index (Phi) is 6.14. The fraction of sp³-hybridized carbons (Fsp3) is 0.200. The van der Waals surface area contributed by atoms with Crippen LogP contribution >= 0.6 is 0 Å². The van der Waals surface area contributed by atoms with Gasteiger partial charge >= 0.3 is 6.36 Å². The minimum atomic E-state index is -4.78. The van der Waals surface area contributed by atoms with E-state index in [1.54, 1.807) is 37.4 Å². The number of anilines is 3. The summed E-state index contributed by atoms with van der Waals surface area (Å²) < 4.78 is 52.1. The lowest BCUT2D eigenvalue weighted by Gasteiger charge is -2.13. The van der Waals surface area contributed by atoms with Gasteiger partial charge in [0, 0.05) is 30.4 Å². The topological polar surface area (TPSA) is 77.5 Å². The summed E-state index contributed by atoms with van der Waals surface area (Å²) in [5.41, 5.74) is 1.52. The van der Waals surface area contributed by atoms with E-state index in [2.05, 4.69) is 25.3 Å². The van der Waals surface area contributed by atoms with Crippen LogP contribution in [-0.2, 0) is 0 Å². The van der Waals surface area contributed by atoms with Gasteiger partial charge in [-0.3, -0.25) is 0 Å². The summed E-state index contributed by atoms with van der Waals surface area (Å²) in [7, 11) is 4.71. The van der Waals surface area contributed by atoms with E-state index in [0.717, 1.165) is 0 Å². The third-order valence-electron chi connectivity index (χ3n) is 3.97. The van der Waals surface area contributed by atoms with Gasteiger partial charge in [0.1, 0.15) is 11.6 Å². The van der Waals surface area contributed by atoms with Crippen molar-refractivity contribution in [1.82, 2.24) is 9.97 Å². The molecule has 2 N–H and O–H groups in total. The Hall–Kier alpha value is -3.69. The first-order chi connectivity index (χ1) is 14.3. The van der Waals surface area contributed by atoms with E-state index in [1.807, 2.05) is 0 Å². The number of halogens is 3. The number of benzene rings is 2. The number of alkyl halides is 3. The number of aromatic nitrogens is 2. The molecule has 3 aromatic rings. The maximum absolute atomic E-state index is 12.5. The van der Waals surface area contributed by atoms with Crippen LogP contribution in [0.15, 0.2) is 48.5 Å². The van der Waals surface area contributed by atoms with Gasteiger partial charge in [0.15, 0.2) is 11.5 Å². The van der Waals surface area contributed by atoms with Gasteiger partial charge < -0.3 is 24.8 Å². The molecule has 0 aliphatic heterocycles. The van der Waals surface area contributed by atoms with Gasteiger partial charge in [-0.15, -0.1) is 13.2 Å². The molecule has 7 nitrogen and oxygen atoms in total. The van der Waals surface area contributed by atoms with Crippen molar-refractivity contribution >= 4 is 17.5 Å². The first-order valence-corrected chi connectivity index (χ1v) is 8.73. The van der Waals surface area contributed by atoms with Gasteiger partial charge in [-0.25, -0.2) is 4.98 Å². The molecule has 0 fully saturated rings. The molecule has 1 aromatic heterocycles. The quantitative estimate of drug-likeness (QED) is 0.566. The summed E-state index contributed by atoms with van der Waals surface area (Å²) in [6.07, 6.45) is -4.78. The Morgan fingerprint density at radius 1 is 0.900 bits per heavy atom. The lowest BCUT2D eigenvalue weighted by molar-refractivity contribution is -0.274. The standard InChI is InChI=1S/C20H19F3N4O3/c1-24-19-26-15(12-5-4-6-14(9-12)30-20(21,22)23)11-18(27-19)25-13-7-8-16(28-2)17(10-13)29-3/h4-11H,1-3H3,(H2,24,25,26,27). The monoisotopic (exact) mass is 420 g/mol. The lowest BCUT2D eigenvalue weighted by atomic mass is 10.1. The number of methoxy groups -OCH3 is 2. The number of nitrogens with zero attached hydrogens (tertiary/aromatic N) is 2. The smallest absolute Gasteiger partial charge is 0.493 e. The van der Waals surface area contributed by atoms with Gasteiger partial charge in [0.05, 0.1) is 19.9 Å². The SMILES string of the molecule is CNc1nc(Nc2ccc(OC)c(OC)c2)cc(-c2cccc(OC(F)(F)F)c2)n1. The van der Waals surface area contributed by atoms with Crippen LogP contribution in [0.5, 0.6) is 17.2 Å². The summed E-state index contributed by atoms with van der Waals surface area (Å²) in [5, 5.41) is 5.97. The van der Waals surface area contributed by atoms with Crippen LogP contribution in [0.25, 0.3) is 11.3 Å². The molecule has 3 rings (SSSR count). The van der Waals surface area contributed by atoms with E-state index in [1.165, 1.54) is 32.4 Å². The average molecular weight is 420 g/mol. The second-order valence-corrected chi connectivity index (χ2v) is 5.98. The molecule has 0 saturated carbocycles. The summed E-state index contributed by atoms with van der Waals surface area (Å²) >= 11 is 0. The normalized spacial score (nSPS) is 11.0. The number of hydrogen-bond acceptors (Lipinski definition) is 7. The Bertz CT molecular complexity index is 1030. The summed E-state index contributed by atoms with van der Waals surface area (Å²) in [5.74, 6) is 1.49. The number of hydrogen-bond donors (Lipinski definition) is 2. The summed E-state index contributed by atoms with van der Waals surface area (Å²) in [4.78, 5) is 8.65. The van der Waals surface area contributed by atoms with Crippen molar-refractivity contribution < 1.29 is 27.4 Å². The van der Waals surface area contributed by atoms with Crippen molar-refractivity contribution in [3.05, 3.63) is 48.5 Å². The summed E-state index contributed by atoms with van der Waals surface area (Å²) in [6, 6.07) is 12.4. The molecule has 0 radical (unpaired) electrons. The molecular formula is C20H19F3N4O3. The maximum Gasteiger partial charge on any atom is 0.573 e. The van der Waals surface area contributed by atoms with E-state index in [0.29, 0.717) is 34.3 Å². The zero-order chi connectivity index (χ0) is 21.7. The van der Waals surface area contributed by atoms with Crippen molar-refractivity contribution in [3.63, 3.8) is 0 Å². The largest absolute Gasteiger partial charge is 0.573 e. The molecule has 30 heavy (non-hydrogen) atoms. The van der Waals surface area contributed by atoms with Gasteiger partial charge in [0.25, 0.3) is 0 Å². The van der Waals surface area contributed by atoms with Crippen LogP contribution < -0.4 is 24.8 Å². The zero-order valence-electron chi connectivity index (χ0n) is 16.4. The lowest BCUT2D eigenvalue weighted by Crippen LogP contribution is -2.17. The highest BCUT2D eigenvalue weighted by molar-refractivity contribution is 5.69. The van der Waals surface area contributed by atoms with Crippen LogP contribution in [0, 0.1) is 0 Å². The van der Waals surface area contributed by atoms with Gasteiger partial charge in [-0.1, -0.05) is 12.1 Å². The molecule has 0 atom stereocenters. The number of nitrogens with one attached hydrogen (secondary N) is 2. The predicted molar refractivity (Wildman–Crippen MR) is 107 cm³/mol. The molecule has 2 aromatic carbocycles. The molecule has 0 unspecified atom stereocenters. The van der Waals surface area contributed by atoms with Crippen LogP contribution in [0.4, 0.5) is 30.6 Å². The molecule has 0 bridgehead atoms. The van der Waals surface area contributed by atoms with Crippen LogP contribution in [0.1, 0.15) is 0 Å². The average Bonchev–Trinajstić information content (AvgIpc) is 2.72. The molecular weight excluding hydrogens is 401 g/mol. The Morgan fingerprint density at radius 2 is 1.67 bits per heavy atom. The molecule has 0 amide bonds. The first kappa shape index (κ1) is 21.0. The van der Waals surface area contributed by atoms with Crippen molar-refractivity contribution in [1.29, 1.82) is 0 Å². The maximum atomic E-state index is 12.5. The highest BCUT2D eigenvalue weighted by atomic mass is 19.4. The van der Waals surface area contributed by atoms with E-state index in [4.69, 9.17) is 9.47 Å². The number of rotatable bonds is 7. The van der Waals surface area contributed by atoms with Crippen LogP contribution in [0.2, 0.25) is 0 Å². The first-order valence-electron chi connectivity index (χ1n) is 8.73.